The fourth-order valence-electron chi connectivity index (χ4n) is 3.79. The highest BCUT2D eigenvalue weighted by Gasteiger charge is 2.26. The number of imidazole rings is 1. The lowest BCUT2D eigenvalue weighted by atomic mass is 10.1. The minimum absolute atomic E-state index is 0.00267. The van der Waals surface area contributed by atoms with E-state index in [1.54, 1.807) is 46.2 Å². The van der Waals surface area contributed by atoms with Crippen LogP contribution in [0.3, 0.4) is 0 Å². The van der Waals surface area contributed by atoms with Crippen molar-refractivity contribution < 1.29 is 13.2 Å². The molecule has 4 rings (SSSR count). The van der Waals surface area contributed by atoms with Crippen LogP contribution < -0.4 is 4.72 Å². The maximum absolute atomic E-state index is 13.2. The molecule has 34 heavy (non-hydrogen) atoms. The second-order valence-electron chi connectivity index (χ2n) is 7.91. The van der Waals surface area contributed by atoms with Gasteiger partial charge in [-0.15, -0.1) is 11.3 Å². The van der Waals surface area contributed by atoms with Gasteiger partial charge in [0.05, 0.1) is 12.3 Å². The summed E-state index contributed by atoms with van der Waals surface area (Å²) in [7, 11) is -3.93. The number of aromatic nitrogens is 2. The minimum atomic E-state index is -3.93. The van der Waals surface area contributed by atoms with Gasteiger partial charge < -0.3 is 4.57 Å². The van der Waals surface area contributed by atoms with Gasteiger partial charge in [-0.05, 0) is 35.1 Å². The Hall–Kier alpha value is -2.20. The number of carbonyl (C=O) groups is 1. The molecule has 0 fully saturated rings. The van der Waals surface area contributed by atoms with Crippen molar-refractivity contribution >= 4 is 64.9 Å². The number of thiophene rings is 1. The van der Waals surface area contributed by atoms with Crippen LogP contribution in [-0.2, 0) is 28.7 Å². The molecule has 178 valence electrons. The second kappa shape index (κ2) is 10.6. The summed E-state index contributed by atoms with van der Waals surface area (Å²) in [5.41, 5.74) is 1.64. The molecule has 0 saturated heterocycles. The first-order chi connectivity index (χ1) is 16.3. The quantitative estimate of drug-likeness (QED) is 0.257. The van der Waals surface area contributed by atoms with Crippen LogP contribution in [0.5, 0.6) is 0 Å². The monoisotopic (exact) mass is 579 g/mol. The number of carbonyl (C=O) groups excluding carboxylic acids is 1. The highest BCUT2D eigenvalue weighted by Crippen LogP contribution is 2.33. The van der Waals surface area contributed by atoms with Crippen molar-refractivity contribution in [2.24, 2.45) is 0 Å². The van der Waals surface area contributed by atoms with E-state index >= 15 is 0 Å². The van der Waals surface area contributed by atoms with Gasteiger partial charge in [-0.2, -0.15) is 0 Å². The Kier molecular flexibility index (Phi) is 7.77. The molecule has 2 heterocycles. The number of hydrogen-bond donors (Lipinski definition) is 1. The average Bonchev–Trinajstić information content (AvgIpc) is 3.34. The molecular formula is C24H23BrClN3O3S2. The number of halogens is 2. The Morgan fingerprint density at radius 1 is 1.18 bits per heavy atom. The zero-order valence-corrected chi connectivity index (χ0v) is 22.4. The Morgan fingerprint density at radius 3 is 2.68 bits per heavy atom. The molecule has 0 unspecified atom stereocenters. The molecule has 6 nitrogen and oxygen atoms in total. The average molecular weight is 581 g/mol. The zero-order valence-electron chi connectivity index (χ0n) is 18.4. The van der Waals surface area contributed by atoms with E-state index in [0.717, 1.165) is 33.0 Å². The topological polar surface area (TPSA) is 81.1 Å². The van der Waals surface area contributed by atoms with Crippen molar-refractivity contribution in [1.82, 2.24) is 14.3 Å². The van der Waals surface area contributed by atoms with Crippen LogP contribution in [0.2, 0.25) is 5.15 Å². The van der Waals surface area contributed by atoms with Gasteiger partial charge in [0.25, 0.3) is 5.91 Å². The van der Waals surface area contributed by atoms with Gasteiger partial charge in [-0.3, -0.25) is 4.79 Å². The van der Waals surface area contributed by atoms with Crippen molar-refractivity contribution in [3.05, 3.63) is 86.2 Å². The minimum Gasteiger partial charge on any atom is -0.318 e. The number of nitrogens with one attached hydrogen (secondary N) is 1. The molecule has 0 atom stereocenters. The Bertz CT molecular complexity index is 1430. The first kappa shape index (κ1) is 24.9. The third kappa shape index (κ3) is 5.54. The third-order valence-electron chi connectivity index (χ3n) is 5.37. The van der Waals surface area contributed by atoms with Crippen molar-refractivity contribution in [2.75, 3.05) is 0 Å². The maximum atomic E-state index is 13.2. The molecule has 0 spiro atoms. The smallest absolute Gasteiger partial charge is 0.284 e. The number of rotatable bonds is 9. The van der Waals surface area contributed by atoms with E-state index in [4.69, 9.17) is 11.6 Å². The molecule has 1 amide bonds. The lowest BCUT2D eigenvalue weighted by Crippen LogP contribution is -2.33. The zero-order chi connectivity index (χ0) is 24.3. The maximum Gasteiger partial charge on any atom is 0.284 e. The largest absolute Gasteiger partial charge is 0.318 e. The number of fused-ring (bicyclic) bond motifs is 1. The van der Waals surface area contributed by atoms with E-state index in [-0.39, 0.29) is 16.6 Å². The number of sulfonamides is 1. The van der Waals surface area contributed by atoms with Crippen LogP contribution in [0.1, 0.15) is 47.2 Å². The molecule has 0 radical (unpaired) electrons. The lowest BCUT2D eigenvalue weighted by Gasteiger charge is -2.13. The number of aryl methyl sites for hydroxylation is 1. The fourth-order valence-corrected chi connectivity index (χ4v) is 6.89. The Labute approximate surface area is 216 Å². The molecule has 0 aliphatic rings. The van der Waals surface area contributed by atoms with E-state index in [0.29, 0.717) is 24.4 Å². The van der Waals surface area contributed by atoms with Crippen molar-refractivity contribution in [3.63, 3.8) is 0 Å². The third-order valence-corrected chi connectivity index (χ3v) is 8.50. The summed E-state index contributed by atoms with van der Waals surface area (Å²) >= 11 is 11.6. The van der Waals surface area contributed by atoms with E-state index in [1.807, 2.05) is 23.6 Å². The molecule has 0 saturated carbocycles. The van der Waals surface area contributed by atoms with Gasteiger partial charge in [0.2, 0.25) is 10.0 Å². The predicted octanol–water partition coefficient (Wildman–Crippen LogP) is 6.16. The van der Waals surface area contributed by atoms with Crippen molar-refractivity contribution in [2.45, 2.75) is 38.5 Å². The molecule has 2 aromatic heterocycles. The second-order valence-corrected chi connectivity index (χ2v) is 11.8. The highest BCUT2D eigenvalue weighted by molar-refractivity contribution is 9.10. The number of hydrogen-bond acceptors (Lipinski definition) is 5. The Balaban J connectivity index is 1.69. The van der Waals surface area contributed by atoms with Crippen LogP contribution in [0, 0.1) is 0 Å². The summed E-state index contributed by atoms with van der Waals surface area (Å²) in [5, 5.41) is 3.10. The van der Waals surface area contributed by atoms with Crippen LogP contribution in [0.25, 0.3) is 10.1 Å². The van der Waals surface area contributed by atoms with E-state index < -0.39 is 15.9 Å². The van der Waals surface area contributed by atoms with Gasteiger partial charge in [-0.1, -0.05) is 77.3 Å². The summed E-state index contributed by atoms with van der Waals surface area (Å²) in [4.78, 5) is 17.6. The fraction of sp³-hybridized carbons (Fsp3) is 0.250. The van der Waals surface area contributed by atoms with Gasteiger partial charge >= 0.3 is 0 Å². The van der Waals surface area contributed by atoms with Gasteiger partial charge in [0.15, 0.2) is 5.15 Å². The van der Waals surface area contributed by atoms with Crippen LogP contribution in [0.15, 0.2) is 58.4 Å². The van der Waals surface area contributed by atoms with Crippen LogP contribution >= 0.6 is 38.9 Å². The lowest BCUT2D eigenvalue weighted by molar-refractivity contribution is 0.0972. The summed E-state index contributed by atoms with van der Waals surface area (Å²) in [6.07, 6.45) is 2.45. The van der Waals surface area contributed by atoms with Gasteiger partial charge in [0.1, 0.15) is 11.5 Å². The number of unbranched alkanes of at least 4 members (excludes halogenated alkanes) is 1. The van der Waals surface area contributed by atoms with Gasteiger partial charge in [-0.25, -0.2) is 18.1 Å². The van der Waals surface area contributed by atoms with Crippen molar-refractivity contribution in [3.8, 4) is 0 Å². The molecule has 0 aliphatic heterocycles. The van der Waals surface area contributed by atoms with Crippen LogP contribution in [-0.4, -0.2) is 23.9 Å². The molecule has 4 aromatic rings. The Morgan fingerprint density at radius 2 is 1.94 bits per heavy atom. The SMILES string of the molecule is CCCCc1nc(Cl)c(C(=O)NS(=O)(=O)Cc2ccccc2)n1Cc1csc2cccc(Br)c12. The summed E-state index contributed by atoms with van der Waals surface area (Å²) < 4.78 is 31.4. The summed E-state index contributed by atoms with van der Waals surface area (Å²) in [6, 6.07) is 14.7. The number of amides is 1. The molecule has 2 aromatic carbocycles. The van der Waals surface area contributed by atoms with Crippen LogP contribution in [0.4, 0.5) is 0 Å². The van der Waals surface area contributed by atoms with E-state index in [9.17, 15) is 13.2 Å². The van der Waals surface area contributed by atoms with Gasteiger partial charge in [0, 0.05) is 21.0 Å². The molecule has 0 bridgehead atoms. The first-order valence-corrected chi connectivity index (χ1v) is 14.5. The molecule has 10 heteroatoms. The normalized spacial score (nSPS) is 11.7. The van der Waals surface area contributed by atoms with E-state index in [1.165, 1.54) is 0 Å². The standard InChI is InChI=1S/C24H23BrClN3O3S2/c1-2-3-12-20-27-23(26)22(24(30)28-34(31,32)15-16-8-5-4-6-9-16)29(20)13-17-14-33-19-11-7-10-18(25)21(17)19/h4-11,14H,2-3,12-13,15H2,1H3,(H,28,30). The molecule has 1 N–H and O–H groups in total. The summed E-state index contributed by atoms with van der Waals surface area (Å²) in [5.74, 6) is -0.436. The number of nitrogens with zero attached hydrogens (tertiary/aromatic N) is 2. The molecule has 0 aliphatic carbocycles. The summed E-state index contributed by atoms with van der Waals surface area (Å²) in [6.45, 7) is 2.42. The van der Waals surface area contributed by atoms with E-state index in [2.05, 4.69) is 32.6 Å². The van der Waals surface area contributed by atoms with Crippen molar-refractivity contribution in [1.29, 1.82) is 0 Å². The first-order valence-electron chi connectivity index (χ1n) is 10.8. The predicted molar refractivity (Wildman–Crippen MR) is 141 cm³/mol. The number of benzene rings is 2. The molecular weight excluding hydrogens is 558 g/mol. The highest BCUT2D eigenvalue weighted by atomic mass is 79.9.